The van der Waals surface area contributed by atoms with Crippen molar-refractivity contribution in [3.8, 4) is 17.2 Å². The van der Waals surface area contributed by atoms with Crippen LogP contribution in [-0.2, 0) is 9.53 Å². The number of benzene rings is 2. The summed E-state index contributed by atoms with van der Waals surface area (Å²) in [6, 6.07) is 8.07. The van der Waals surface area contributed by atoms with Gasteiger partial charge in [0.1, 0.15) is 40.7 Å². The number of aromatic nitrogens is 1. The minimum atomic E-state index is -3.05. The van der Waals surface area contributed by atoms with E-state index in [1.165, 1.54) is 50.4 Å². The maximum Gasteiger partial charge on any atom is 0.387 e. The van der Waals surface area contributed by atoms with E-state index in [0.717, 1.165) is 29.9 Å². The van der Waals surface area contributed by atoms with Crippen LogP contribution in [0.25, 0.3) is 0 Å². The van der Waals surface area contributed by atoms with Crippen LogP contribution in [0.4, 0.5) is 23.4 Å². The van der Waals surface area contributed by atoms with Crippen LogP contribution < -0.4 is 19.1 Å². The van der Waals surface area contributed by atoms with Crippen LogP contribution in [0.3, 0.4) is 0 Å². The molecule has 0 spiro atoms. The standard InChI is InChI=1S/C32H33F4N3O6/c1-17-27(28-23(33)13-21(42-3)14-24(28)34)29(38(2)30(40)19-5-7-20(8-6-19)45-32(35)36)31(41)39(17)26-16-22(43-4)15-25(37-26)18-9-11-44-12-10-18/h5-8,13-18,27,29,32H,9-12H2,1-4H3/t17-,27+,29?/m1/s1. The molecule has 1 aromatic heterocycles. The van der Waals surface area contributed by atoms with Gasteiger partial charge in [-0.1, -0.05) is 0 Å². The number of alkyl halides is 2. The van der Waals surface area contributed by atoms with Crippen molar-refractivity contribution in [2.24, 2.45) is 0 Å². The Bertz CT molecular complexity index is 1530. The van der Waals surface area contributed by atoms with E-state index in [-0.39, 0.29) is 28.8 Å². The van der Waals surface area contributed by atoms with Gasteiger partial charge < -0.3 is 23.8 Å². The van der Waals surface area contributed by atoms with Gasteiger partial charge >= 0.3 is 6.61 Å². The number of methoxy groups -OCH3 is 2. The molecule has 2 aliphatic heterocycles. The van der Waals surface area contributed by atoms with Crippen LogP contribution in [0, 0.1) is 11.6 Å². The molecule has 3 atom stereocenters. The van der Waals surface area contributed by atoms with E-state index in [0.29, 0.717) is 24.7 Å². The second kappa shape index (κ2) is 13.3. The van der Waals surface area contributed by atoms with Crippen molar-refractivity contribution in [2.45, 2.75) is 50.3 Å². The van der Waals surface area contributed by atoms with Crippen LogP contribution in [-0.4, -0.2) is 74.9 Å². The van der Waals surface area contributed by atoms with Crippen molar-refractivity contribution >= 4 is 17.6 Å². The molecule has 2 aliphatic rings. The zero-order valence-electron chi connectivity index (χ0n) is 25.1. The number of rotatable bonds is 9. The number of hydrogen-bond donors (Lipinski definition) is 0. The van der Waals surface area contributed by atoms with Gasteiger partial charge in [-0.05, 0) is 44.0 Å². The van der Waals surface area contributed by atoms with E-state index in [1.807, 2.05) is 0 Å². The van der Waals surface area contributed by atoms with Gasteiger partial charge in [0.05, 0.1) is 14.2 Å². The number of likely N-dealkylation sites (N-methyl/N-ethyl adjacent to an activating group) is 1. The Labute approximate surface area is 257 Å². The van der Waals surface area contributed by atoms with Gasteiger partial charge in [-0.15, -0.1) is 0 Å². The van der Waals surface area contributed by atoms with E-state index in [1.54, 1.807) is 19.1 Å². The molecule has 2 amide bonds. The summed E-state index contributed by atoms with van der Waals surface area (Å²) in [6.07, 6.45) is 1.43. The van der Waals surface area contributed by atoms with E-state index in [4.69, 9.17) is 19.2 Å². The quantitative estimate of drug-likeness (QED) is 0.287. The predicted molar refractivity (Wildman–Crippen MR) is 155 cm³/mol. The van der Waals surface area contributed by atoms with Crippen molar-refractivity contribution < 1.29 is 46.1 Å². The van der Waals surface area contributed by atoms with Crippen LogP contribution in [0.5, 0.6) is 17.2 Å². The lowest BCUT2D eigenvalue weighted by molar-refractivity contribution is -0.121. The highest BCUT2D eigenvalue weighted by Crippen LogP contribution is 2.43. The average molecular weight is 632 g/mol. The number of amides is 2. The molecule has 45 heavy (non-hydrogen) atoms. The summed E-state index contributed by atoms with van der Waals surface area (Å²) < 4.78 is 76.9. The summed E-state index contributed by atoms with van der Waals surface area (Å²) >= 11 is 0. The Morgan fingerprint density at radius 3 is 2.16 bits per heavy atom. The van der Waals surface area contributed by atoms with Crippen LogP contribution in [0.1, 0.15) is 53.2 Å². The van der Waals surface area contributed by atoms with Crippen molar-refractivity contribution in [3.05, 3.63) is 77.0 Å². The lowest BCUT2D eigenvalue weighted by Crippen LogP contribution is -2.45. The molecule has 0 radical (unpaired) electrons. The topological polar surface area (TPSA) is 90.4 Å². The third-order valence-corrected chi connectivity index (χ3v) is 8.37. The maximum atomic E-state index is 15.6. The number of hydrogen-bond acceptors (Lipinski definition) is 7. The van der Waals surface area contributed by atoms with Crippen LogP contribution >= 0.6 is 0 Å². The zero-order valence-corrected chi connectivity index (χ0v) is 25.1. The first kappa shape index (κ1) is 32.0. The number of carbonyl (C=O) groups excluding carboxylic acids is 2. The van der Waals surface area contributed by atoms with E-state index < -0.39 is 53.6 Å². The highest BCUT2D eigenvalue weighted by atomic mass is 19.3. The molecule has 240 valence electrons. The van der Waals surface area contributed by atoms with Crippen molar-refractivity contribution in [3.63, 3.8) is 0 Å². The summed E-state index contributed by atoms with van der Waals surface area (Å²) in [5.41, 5.74) is 0.343. The summed E-state index contributed by atoms with van der Waals surface area (Å²) in [7, 11) is 4.11. The lowest BCUT2D eigenvalue weighted by Gasteiger charge is -2.29. The maximum absolute atomic E-state index is 15.6. The second-order valence-corrected chi connectivity index (χ2v) is 10.9. The van der Waals surface area contributed by atoms with Crippen LogP contribution in [0.15, 0.2) is 48.5 Å². The number of pyridine rings is 1. The van der Waals surface area contributed by atoms with Crippen molar-refractivity contribution in [2.75, 3.05) is 39.4 Å². The van der Waals surface area contributed by atoms with Gasteiger partial charge in [0.15, 0.2) is 0 Å². The third-order valence-electron chi connectivity index (χ3n) is 8.37. The molecular formula is C32H33F4N3O6. The number of nitrogens with zero attached hydrogens (tertiary/aromatic N) is 3. The normalized spacial score (nSPS) is 20.4. The number of halogens is 4. The van der Waals surface area contributed by atoms with Gasteiger partial charge in [-0.3, -0.25) is 14.5 Å². The Hall–Kier alpha value is -4.39. The SMILES string of the molecule is COc1cc(C2CCOCC2)nc(N2C(=O)C(N(C)C(=O)c3ccc(OC(F)F)cc3)[C@H](c3c(F)cc(OC)cc3F)[C@H]2C)c1. The molecule has 0 bridgehead atoms. The second-order valence-electron chi connectivity index (χ2n) is 10.9. The molecule has 1 unspecified atom stereocenters. The highest BCUT2D eigenvalue weighted by Gasteiger charge is 2.52. The fraction of sp³-hybridized carbons (Fsp3) is 0.406. The van der Waals surface area contributed by atoms with E-state index in [2.05, 4.69) is 4.74 Å². The first-order chi connectivity index (χ1) is 21.5. The summed E-state index contributed by atoms with van der Waals surface area (Å²) in [4.78, 5) is 35.3. The molecule has 2 fully saturated rings. The van der Waals surface area contributed by atoms with E-state index >= 15 is 8.78 Å². The molecular weight excluding hydrogens is 598 g/mol. The molecule has 2 saturated heterocycles. The molecule has 0 saturated carbocycles. The van der Waals surface area contributed by atoms with Crippen LogP contribution in [0.2, 0.25) is 0 Å². The fourth-order valence-electron chi connectivity index (χ4n) is 6.11. The molecule has 9 nitrogen and oxygen atoms in total. The Morgan fingerprint density at radius 2 is 1.58 bits per heavy atom. The molecule has 2 aromatic carbocycles. The lowest BCUT2D eigenvalue weighted by atomic mass is 9.87. The number of ether oxygens (including phenoxy) is 4. The molecule has 3 aromatic rings. The van der Waals surface area contributed by atoms with Gasteiger partial charge in [0.2, 0.25) is 0 Å². The predicted octanol–water partition coefficient (Wildman–Crippen LogP) is 5.53. The third kappa shape index (κ3) is 6.39. The fourth-order valence-corrected chi connectivity index (χ4v) is 6.11. The Kier molecular flexibility index (Phi) is 9.47. The molecule has 0 aliphatic carbocycles. The summed E-state index contributed by atoms with van der Waals surface area (Å²) in [5.74, 6) is -3.87. The summed E-state index contributed by atoms with van der Waals surface area (Å²) in [6.45, 7) is -0.305. The highest BCUT2D eigenvalue weighted by molar-refractivity contribution is 6.05. The number of anilines is 1. The molecule has 5 rings (SSSR count). The Balaban J connectivity index is 1.58. The first-order valence-electron chi connectivity index (χ1n) is 14.4. The van der Waals surface area contributed by atoms with Gasteiger partial charge in [-0.2, -0.15) is 8.78 Å². The first-order valence-corrected chi connectivity index (χ1v) is 14.4. The van der Waals surface area contributed by atoms with Crippen molar-refractivity contribution in [1.82, 2.24) is 9.88 Å². The minimum absolute atomic E-state index is 0.0463. The number of carbonyl (C=O) groups is 2. The molecule has 3 heterocycles. The minimum Gasteiger partial charge on any atom is -0.497 e. The monoisotopic (exact) mass is 631 g/mol. The molecule has 0 N–H and O–H groups in total. The van der Waals surface area contributed by atoms with E-state index in [9.17, 15) is 18.4 Å². The van der Waals surface area contributed by atoms with Crippen molar-refractivity contribution in [1.29, 1.82) is 0 Å². The van der Waals surface area contributed by atoms with Gasteiger partial charge in [0, 0.05) is 79.2 Å². The Morgan fingerprint density at radius 1 is 0.978 bits per heavy atom. The largest absolute Gasteiger partial charge is 0.497 e. The average Bonchev–Trinajstić information content (AvgIpc) is 3.29. The van der Waals surface area contributed by atoms with Gasteiger partial charge in [0.25, 0.3) is 11.8 Å². The van der Waals surface area contributed by atoms with Gasteiger partial charge in [-0.25, -0.2) is 13.8 Å². The molecule has 13 heteroatoms. The smallest absolute Gasteiger partial charge is 0.387 e. The zero-order chi connectivity index (χ0) is 32.4. The summed E-state index contributed by atoms with van der Waals surface area (Å²) in [5, 5.41) is 0.